The summed E-state index contributed by atoms with van der Waals surface area (Å²) in [7, 11) is 1.53. The molecule has 2 aromatic rings. The third-order valence-corrected chi connectivity index (χ3v) is 3.65. The summed E-state index contributed by atoms with van der Waals surface area (Å²) >= 11 is 1.57. The number of rotatable bonds is 5. The minimum absolute atomic E-state index is 0.221. The number of hydrogen-bond donors (Lipinski definition) is 1. The van der Waals surface area contributed by atoms with Crippen molar-refractivity contribution in [2.75, 3.05) is 13.7 Å². The lowest BCUT2D eigenvalue weighted by Gasteiger charge is -2.17. The van der Waals surface area contributed by atoms with Crippen LogP contribution in [0.3, 0.4) is 0 Å². The molecule has 0 bridgehead atoms. The molecular weight excluding hydrogens is 263 g/mol. The fraction of sp³-hybridized carbons (Fsp3) is 0.357. The average molecular weight is 280 g/mol. The minimum Gasteiger partial charge on any atom is -0.497 e. The monoisotopic (exact) mass is 280 g/mol. The van der Waals surface area contributed by atoms with Crippen molar-refractivity contribution in [2.24, 2.45) is 0 Å². The largest absolute Gasteiger partial charge is 0.497 e. The van der Waals surface area contributed by atoms with Gasteiger partial charge in [-0.2, -0.15) is 0 Å². The Morgan fingerprint density at radius 2 is 2.26 bits per heavy atom. The number of thiazole rings is 1. The topological polar surface area (TPSA) is 34.2 Å². The molecule has 0 fully saturated rings. The summed E-state index contributed by atoms with van der Waals surface area (Å²) in [5, 5.41) is 6.21. The van der Waals surface area contributed by atoms with Gasteiger partial charge in [0.15, 0.2) is 0 Å². The first-order chi connectivity index (χ1) is 9.15. The molecule has 0 aliphatic heterocycles. The van der Waals surface area contributed by atoms with Crippen LogP contribution in [0.5, 0.6) is 5.75 Å². The van der Waals surface area contributed by atoms with E-state index in [1.54, 1.807) is 23.5 Å². The van der Waals surface area contributed by atoms with E-state index in [1.165, 1.54) is 13.2 Å². The van der Waals surface area contributed by atoms with E-state index in [0.29, 0.717) is 11.3 Å². The summed E-state index contributed by atoms with van der Waals surface area (Å²) in [4.78, 5) is 4.45. The van der Waals surface area contributed by atoms with Crippen LogP contribution in [0.25, 0.3) is 0 Å². The number of nitrogens with zero attached hydrogens (tertiary/aromatic N) is 1. The molecule has 3 nitrogen and oxygen atoms in total. The fourth-order valence-corrected chi connectivity index (χ4v) is 2.60. The van der Waals surface area contributed by atoms with Crippen molar-refractivity contribution in [1.82, 2.24) is 10.3 Å². The van der Waals surface area contributed by atoms with Gasteiger partial charge in [0.1, 0.15) is 11.6 Å². The molecule has 0 radical (unpaired) electrons. The van der Waals surface area contributed by atoms with Crippen LogP contribution < -0.4 is 10.1 Å². The second-order valence-electron chi connectivity index (χ2n) is 4.17. The van der Waals surface area contributed by atoms with Crippen molar-refractivity contribution >= 4 is 11.3 Å². The van der Waals surface area contributed by atoms with Gasteiger partial charge in [-0.25, -0.2) is 9.37 Å². The van der Waals surface area contributed by atoms with Gasteiger partial charge in [0, 0.05) is 17.0 Å². The molecule has 5 heteroatoms. The Bertz CT molecular complexity index is 556. The second kappa shape index (κ2) is 6.12. The highest BCUT2D eigenvalue weighted by molar-refractivity contribution is 7.09. The minimum atomic E-state index is -0.282. The third-order valence-electron chi connectivity index (χ3n) is 2.86. The van der Waals surface area contributed by atoms with Crippen molar-refractivity contribution in [3.05, 3.63) is 45.7 Å². The first-order valence-electron chi connectivity index (χ1n) is 6.14. The molecule has 102 valence electrons. The SMILES string of the molecule is CCNC(c1csc(C)n1)c1ccc(OC)cc1F. The fourth-order valence-electron chi connectivity index (χ4n) is 1.96. The molecule has 0 aliphatic rings. The van der Waals surface area contributed by atoms with Crippen molar-refractivity contribution in [2.45, 2.75) is 19.9 Å². The predicted molar refractivity (Wildman–Crippen MR) is 75.3 cm³/mol. The van der Waals surface area contributed by atoms with Crippen LogP contribution in [-0.2, 0) is 0 Å². The Hall–Kier alpha value is -1.46. The molecular formula is C14H17FN2OS. The first-order valence-corrected chi connectivity index (χ1v) is 7.02. The summed E-state index contributed by atoms with van der Waals surface area (Å²) in [5.74, 6) is 0.238. The van der Waals surface area contributed by atoms with E-state index in [0.717, 1.165) is 17.2 Å². The Morgan fingerprint density at radius 3 is 2.79 bits per heavy atom. The van der Waals surface area contributed by atoms with Crippen LogP contribution in [0, 0.1) is 12.7 Å². The number of aryl methyl sites for hydroxylation is 1. The van der Waals surface area contributed by atoms with Gasteiger partial charge in [0.2, 0.25) is 0 Å². The van der Waals surface area contributed by atoms with E-state index >= 15 is 0 Å². The van der Waals surface area contributed by atoms with E-state index < -0.39 is 0 Å². The number of aromatic nitrogens is 1. The second-order valence-corrected chi connectivity index (χ2v) is 5.23. The molecule has 2 rings (SSSR count). The summed E-state index contributed by atoms with van der Waals surface area (Å²) in [6, 6.07) is 4.69. The van der Waals surface area contributed by atoms with E-state index in [4.69, 9.17) is 4.74 Å². The van der Waals surface area contributed by atoms with Gasteiger partial charge < -0.3 is 10.1 Å². The molecule has 0 spiro atoms. The molecule has 1 aromatic heterocycles. The quantitative estimate of drug-likeness (QED) is 0.912. The van der Waals surface area contributed by atoms with Gasteiger partial charge >= 0.3 is 0 Å². The molecule has 0 amide bonds. The van der Waals surface area contributed by atoms with Crippen molar-refractivity contribution < 1.29 is 9.13 Å². The number of ether oxygens (including phenoxy) is 1. The summed E-state index contributed by atoms with van der Waals surface area (Å²) < 4.78 is 19.2. The Balaban J connectivity index is 2.39. The molecule has 1 aromatic carbocycles. The first kappa shape index (κ1) is 14.0. The van der Waals surface area contributed by atoms with E-state index in [1.807, 2.05) is 19.2 Å². The van der Waals surface area contributed by atoms with Crippen LogP contribution in [-0.4, -0.2) is 18.6 Å². The number of halogens is 1. The lowest BCUT2D eigenvalue weighted by molar-refractivity contribution is 0.410. The zero-order valence-electron chi connectivity index (χ0n) is 11.2. The van der Waals surface area contributed by atoms with Gasteiger partial charge in [-0.15, -0.1) is 11.3 Å². The van der Waals surface area contributed by atoms with Crippen molar-refractivity contribution in [1.29, 1.82) is 0 Å². The lowest BCUT2D eigenvalue weighted by atomic mass is 10.0. The highest BCUT2D eigenvalue weighted by Crippen LogP contribution is 2.27. The summed E-state index contributed by atoms with van der Waals surface area (Å²) in [5.41, 5.74) is 1.45. The van der Waals surface area contributed by atoms with Gasteiger partial charge in [-0.3, -0.25) is 0 Å². The Labute approximate surface area is 116 Å². The highest BCUT2D eigenvalue weighted by Gasteiger charge is 2.19. The maximum Gasteiger partial charge on any atom is 0.132 e. The van der Waals surface area contributed by atoms with Crippen LogP contribution in [0.15, 0.2) is 23.6 Å². The van der Waals surface area contributed by atoms with Crippen LogP contribution in [0.1, 0.15) is 29.2 Å². The molecule has 19 heavy (non-hydrogen) atoms. The highest BCUT2D eigenvalue weighted by atomic mass is 32.1. The zero-order chi connectivity index (χ0) is 13.8. The van der Waals surface area contributed by atoms with E-state index in [-0.39, 0.29) is 11.9 Å². The molecule has 1 N–H and O–H groups in total. The van der Waals surface area contributed by atoms with Gasteiger partial charge in [0.05, 0.1) is 23.9 Å². The maximum atomic E-state index is 14.2. The smallest absolute Gasteiger partial charge is 0.132 e. The molecule has 0 saturated heterocycles. The molecule has 0 aliphatic carbocycles. The van der Waals surface area contributed by atoms with Crippen molar-refractivity contribution in [3.63, 3.8) is 0 Å². The maximum absolute atomic E-state index is 14.2. The van der Waals surface area contributed by atoms with E-state index in [2.05, 4.69) is 10.3 Å². The molecule has 0 saturated carbocycles. The number of methoxy groups -OCH3 is 1. The average Bonchev–Trinajstić information content (AvgIpc) is 2.83. The zero-order valence-corrected chi connectivity index (χ0v) is 12.1. The molecule has 1 atom stereocenters. The van der Waals surface area contributed by atoms with E-state index in [9.17, 15) is 4.39 Å². The predicted octanol–water partition coefficient (Wildman–Crippen LogP) is 3.30. The lowest BCUT2D eigenvalue weighted by Crippen LogP contribution is -2.23. The normalized spacial score (nSPS) is 12.4. The van der Waals surface area contributed by atoms with Gasteiger partial charge in [-0.05, 0) is 19.5 Å². The Kier molecular flexibility index (Phi) is 4.50. The van der Waals surface area contributed by atoms with Gasteiger partial charge in [-0.1, -0.05) is 13.0 Å². The van der Waals surface area contributed by atoms with Crippen LogP contribution in [0.4, 0.5) is 4.39 Å². The summed E-state index contributed by atoms with van der Waals surface area (Å²) in [6.07, 6.45) is 0. The Morgan fingerprint density at radius 1 is 1.47 bits per heavy atom. The third kappa shape index (κ3) is 3.11. The van der Waals surface area contributed by atoms with Crippen LogP contribution in [0.2, 0.25) is 0 Å². The summed E-state index contributed by atoms with van der Waals surface area (Å²) in [6.45, 7) is 4.68. The number of nitrogens with one attached hydrogen (secondary N) is 1. The molecule has 1 heterocycles. The van der Waals surface area contributed by atoms with Gasteiger partial charge in [0.25, 0.3) is 0 Å². The molecule has 1 unspecified atom stereocenters. The number of hydrogen-bond acceptors (Lipinski definition) is 4. The van der Waals surface area contributed by atoms with Crippen molar-refractivity contribution in [3.8, 4) is 5.75 Å². The number of benzene rings is 1. The van der Waals surface area contributed by atoms with Crippen LogP contribution >= 0.6 is 11.3 Å². The standard InChI is InChI=1S/C14H17FN2OS/c1-4-16-14(13-8-19-9(2)17-13)11-6-5-10(18-3)7-12(11)15/h5-8,14,16H,4H2,1-3H3.